The highest BCUT2D eigenvalue weighted by Crippen LogP contribution is 2.11. The van der Waals surface area contributed by atoms with Gasteiger partial charge < -0.3 is 10.5 Å². The van der Waals surface area contributed by atoms with E-state index in [1.807, 2.05) is 6.92 Å². The van der Waals surface area contributed by atoms with Crippen LogP contribution in [0.5, 0.6) is 0 Å². The van der Waals surface area contributed by atoms with Gasteiger partial charge in [-0.05, 0) is 46.5 Å². The molecule has 0 amide bonds. The fourth-order valence-electron chi connectivity index (χ4n) is 1.70. The number of hydrogen-bond acceptors (Lipinski definition) is 3. The molecule has 0 rings (SSSR count). The van der Waals surface area contributed by atoms with Gasteiger partial charge in [0.25, 0.3) is 0 Å². The first-order valence-electron chi connectivity index (χ1n) is 6.77. The fourth-order valence-corrected chi connectivity index (χ4v) is 1.70. The van der Waals surface area contributed by atoms with Crippen LogP contribution in [0.4, 0.5) is 0 Å². The van der Waals surface area contributed by atoms with Crippen molar-refractivity contribution in [3.05, 3.63) is 23.3 Å². The summed E-state index contributed by atoms with van der Waals surface area (Å²) in [6.07, 6.45) is 8.78. The monoisotopic (exact) mass is 253 g/mol. The first-order valence-corrected chi connectivity index (χ1v) is 6.77. The van der Waals surface area contributed by atoms with Crippen molar-refractivity contribution in [1.82, 2.24) is 0 Å². The Morgan fingerprint density at radius 1 is 1.11 bits per heavy atom. The van der Waals surface area contributed by atoms with Gasteiger partial charge in [0.15, 0.2) is 0 Å². The first-order chi connectivity index (χ1) is 8.60. The Morgan fingerprint density at radius 3 is 2.39 bits per heavy atom. The van der Waals surface area contributed by atoms with Crippen LogP contribution in [0.25, 0.3) is 0 Å². The Labute approximate surface area is 111 Å². The lowest BCUT2D eigenvalue weighted by molar-refractivity contribution is -0.143. The maximum absolute atomic E-state index is 11.1. The number of carbonyl (C=O) groups is 1. The third-order valence-corrected chi connectivity index (χ3v) is 2.76. The summed E-state index contributed by atoms with van der Waals surface area (Å²) in [5, 5.41) is 0. The van der Waals surface area contributed by atoms with Gasteiger partial charge in [-0.3, -0.25) is 4.79 Å². The molecule has 0 unspecified atom stereocenters. The van der Waals surface area contributed by atoms with Crippen molar-refractivity contribution in [1.29, 1.82) is 0 Å². The van der Waals surface area contributed by atoms with Crippen molar-refractivity contribution in [2.24, 2.45) is 5.73 Å². The first kappa shape index (κ1) is 16.9. The molecule has 104 valence electrons. The van der Waals surface area contributed by atoms with Crippen LogP contribution < -0.4 is 5.73 Å². The molecule has 3 nitrogen and oxygen atoms in total. The topological polar surface area (TPSA) is 52.3 Å². The zero-order valence-electron chi connectivity index (χ0n) is 12.0. The summed E-state index contributed by atoms with van der Waals surface area (Å²) >= 11 is 0. The van der Waals surface area contributed by atoms with E-state index in [0.29, 0.717) is 19.6 Å². The number of allylic oxidation sites excluding steroid dienone is 3. The molecule has 0 heterocycles. The molecule has 0 aromatic carbocycles. The van der Waals surface area contributed by atoms with Crippen molar-refractivity contribution in [2.75, 3.05) is 13.2 Å². The summed E-state index contributed by atoms with van der Waals surface area (Å²) in [4.78, 5) is 11.1. The zero-order valence-corrected chi connectivity index (χ0v) is 12.0. The van der Waals surface area contributed by atoms with E-state index in [0.717, 1.165) is 25.7 Å². The SMILES string of the molecule is CCOC(=O)CCC/C(C)=C/CC/C(C)=C/CN. The highest BCUT2D eigenvalue weighted by Gasteiger charge is 2.01. The van der Waals surface area contributed by atoms with Crippen LogP contribution in [0.3, 0.4) is 0 Å². The summed E-state index contributed by atoms with van der Waals surface area (Å²) < 4.78 is 4.89. The smallest absolute Gasteiger partial charge is 0.305 e. The van der Waals surface area contributed by atoms with E-state index >= 15 is 0 Å². The number of nitrogens with two attached hydrogens (primary N) is 1. The van der Waals surface area contributed by atoms with Crippen LogP contribution in [-0.4, -0.2) is 19.1 Å². The van der Waals surface area contributed by atoms with E-state index in [4.69, 9.17) is 10.5 Å². The summed E-state index contributed by atoms with van der Waals surface area (Å²) in [6, 6.07) is 0. The molecule has 0 aromatic heterocycles. The second kappa shape index (κ2) is 11.0. The predicted molar refractivity (Wildman–Crippen MR) is 76.3 cm³/mol. The molecule has 0 fully saturated rings. The largest absolute Gasteiger partial charge is 0.466 e. The average molecular weight is 253 g/mol. The average Bonchev–Trinajstić information content (AvgIpc) is 2.29. The van der Waals surface area contributed by atoms with E-state index in [9.17, 15) is 4.79 Å². The minimum absolute atomic E-state index is 0.0907. The van der Waals surface area contributed by atoms with Gasteiger partial charge in [-0.25, -0.2) is 0 Å². The van der Waals surface area contributed by atoms with Gasteiger partial charge in [-0.15, -0.1) is 0 Å². The standard InChI is InChI=1S/C15H27NO2/c1-4-18-15(17)10-6-9-13(2)7-5-8-14(3)11-12-16/h7,11H,4-6,8-10,12,16H2,1-3H3/b13-7+,14-11+. The van der Waals surface area contributed by atoms with Crippen LogP contribution in [0, 0.1) is 0 Å². The zero-order chi connectivity index (χ0) is 13.8. The Hall–Kier alpha value is -1.09. The van der Waals surface area contributed by atoms with Gasteiger partial charge in [-0.2, -0.15) is 0 Å². The fraction of sp³-hybridized carbons (Fsp3) is 0.667. The molecule has 0 atom stereocenters. The van der Waals surface area contributed by atoms with Crippen LogP contribution in [0.15, 0.2) is 23.3 Å². The molecular weight excluding hydrogens is 226 g/mol. The summed E-state index contributed by atoms with van der Waals surface area (Å²) in [6.45, 7) is 7.15. The maximum atomic E-state index is 11.1. The van der Waals surface area contributed by atoms with Crippen LogP contribution in [-0.2, 0) is 9.53 Å². The number of hydrogen-bond donors (Lipinski definition) is 1. The minimum Gasteiger partial charge on any atom is -0.466 e. The third-order valence-electron chi connectivity index (χ3n) is 2.76. The van der Waals surface area contributed by atoms with Crippen molar-refractivity contribution in [3.63, 3.8) is 0 Å². The van der Waals surface area contributed by atoms with Gasteiger partial charge in [0.05, 0.1) is 6.61 Å². The van der Waals surface area contributed by atoms with Gasteiger partial charge in [0, 0.05) is 13.0 Å². The number of ether oxygens (including phenoxy) is 1. The van der Waals surface area contributed by atoms with Gasteiger partial charge in [0.1, 0.15) is 0 Å². The number of rotatable bonds is 9. The van der Waals surface area contributed by atoms with Crippen molar-refractivity contribution < 1.29 is 9.53 Å². The molecule has 0 bridgehead atoms. The molecule has 0 spiro atoms. The van der Waals surface area contributed by atoms with Gasteiger partial charge >= 0.3 is 5.97 Å². The highest BCUT2D eigenvalue weighted by molar-refractivity contribution is 5.69. The summed E-state index contributed by atoms with van der Waals surface area (Å²) in [5.74, 6) is -0.0907. The maximum Gasteiger partial charge on any atom is 0.305 e. The normalized spacial score (nSPS) is 12.7. The lowest BCUT2D eigenvalue weighted by Crippen LogP contribution is -2.03. The second-order valence-electron chi connectivity index (χ2n) is 4.53. The second-order valence-corrected chi connectivity index (χ2v) is 4.53. The molecule has 18 heavy (non-hydrogen) atoms. The minimum atomic E-state index is -0.0907. The molecule has 0 radical (unpaired) electrons. The lowest BCUT2D eigenvalue weighted by atomic mass is 10.1. The van der Waals surface area contributed by atoms with E-state index in [-0.39, 0.29) is 5.97 Å². The quantitative estimate of drug-likeness (QED) is 0.506. The Balaban J connectivity index is 3.72. The molecular formula is C15H27NO2. The molecule has 0 saturated heterocycles. The Bertz CT molecular complexity index is 293. The number of carbonyl (C=O) groups excluding carboxylic acids is 1. The Morgan fingerprint density at radius 2 is 1.78 bits per heavy atom. The molecule has 0 aliphatic rings. The molecule has 0 aromatic rings. The van der Waals surface area contributed by atoms with E-state index in [2.05, 4.69) is 26.0 Å². The molecule has 0 aliphatic heterocycles. The van der Waals surface area contributed by atoms with Crippen LogP contribution >= 0.6 is 0 Å². The summed E-state index contributed by atoms with van der Waals surface area (Å²) in [5.41, 5.74) is 8.13. The molecule has 0 aliphatic carbocycles. The van der Waals surface area contributed by atoms with Crippen molar-refractivity contribution >= 4 is 5.97 Å². The lowest BCUT2D eigenvalue weighted by Gasteiger charge is -2.03. The van der Waals surface area contributed by atoms with Crippen molar-refractivity contribution in [2.45, 2.75) is 52.9 Å². The van der Waals surface area contributed by atoms with Gasteiger partial charge in [-0.1, -0.05) is 23.3 Å². The highest BCUT2D eigenvalue weighted by atomic mass is 16.5. The molecule has 2 N–H and O–H groups in total. The van der Waals surface area contributed by atoms with Crippen molar-refractivity contribution in [3.8, 4) is 0 Å². The van der Waals surface area contributed by atoms with Crippen LogP contribution in [0.1, 0.15) is 52.9 Å². The summed E-state index contributed by atoms with van der Waals surface area (Å²) in [7, 11) is 0. The van der Waals surface area contributed by atoms with E-state index in [1.54, 1.807) is 0 Å². The molecule has 0 saturated carbocycles. The van der Waals surface area contributed by atoms with E-state index in [1.165, 1.54) is 11.1 Å². The van der Waals surface area contributed by atoms with E-state index < -0.39 is 0 Å². The predicted octanol–water partition coefficient (Wildman–Crippen LogP) is 3.35. The van der Waals surface area contributed by atoms with Crippen LogP contribution in [0.2, 0.25) is 0 Å². The molecule has 3 heteroatoms. The van der Waals surface area contributed by atoms with Gasteiger partial charge in [0.2, 0.25) is 0 Å². The number of esters is 1. The third kappa shape index (κ3) is 10.1. The Kier molecular flexibility index (Phi) is 10.4.